The Morgan fingerprint density at radius 1 is 1.23 bits per heavy atom. The summed E-state index contributed by atoms with van der Waals surface area (Å²) < 4.78 is 55.7. The second-order valence-electron chi connectivity index (χ2n) is 6.96. The second-order valence-corrected chi connectivity index (χ2v) is 6.96. The van der Waals surface area contributed by atoms with Gasteiger partial charge in [-0.15, -0.1) is 0 Å². The first kappa shape index (κ1) is 23.9. The lowest BCUT2D eigenvalue weighted by molar-refractivity contribution is -0.151. The lowest BCUT2D eigenvalue weighted by Gasteiger charge is -2.30. The Hall–Kier alpha value is -2.36. The highest BCUT2D eigenvalue weighted by Crippen LogP contribution is 2.35. The van der Waals surface area contributed by atoms with E-state index < -0.39 is 35.0 Å². The van der Waals surface area contributed by atoms with Gasteiger partial charge in [0.2, 0.25) is 5.88 Å². The molecule has 0 aliphatic carbocycles. The van der Waals surface area contributed by atoms with Crippen molar-refractivity contribution >= 4 is 11.9 Å². The molecule has 168 valence electrons. The van der Waals surface area contributed by atoms with E-state index in [1.54, 1.807) is 20.8 Å². The number of nitrogens with one attached hydrogen (secondary N) is 1. The summed E-state index contributed by atoms with van der Waals surface area (Å²) >= 11 is 0. The zero-order chi connectivity index (χ0) is 22.4. The molecule has 0 aromatic carbocycles. The molecule has 1 aliphatic rings. The Bertz CT molecular complexity index is 744. The first-order valence-electron chi connectivity index (χ1n) is 9.99. The van der Waals surface area contributed by atoms with E-state index in [0.29, 0.717) is 13.0 Å². The van der Waals surface area contributed by atoms with Crippen LogP contribution in [0.25, 0.3) is 0 Å². The van der Waals surface area contributed by atoms with E-state index in [1.807, 2.05) is 0 Å². The fraction of sp³-hybridized carbons (Fsp3) is 0.650. The Labute approximate surface area is 173 Å². The molecule has 1 atom stereocenters. The van der Waals surface area contributed by atoms with Gasteiger partial charge in [0.05, 0.1) is 12.7 Å². The van der Waals surface area contributed by atoms with Gasteiger partial charge in [-0.2, -0.15) is 13.2 Å². The fourth-order valence-corrected chi connectivity index (χ4v) is 3.16. The monoisotopic (exact) mass is 432 g/mol. The Morgan fingerprint density at radius 2 is 1.93 bits per heavy atom. The Balaban J connectivity index is 2.27. The van der Waals surface area contributed by atoms with E-state index in [4.69, 9.17) is 14.2 Å². The van der Waals surface area contributed by atoms with E-state index in [9.17, 15) is 22.8 Å². The topological polar surface area (TPSA) is 86.8 Å². The van der Waals surface area contributed by atoms with Gasteiger partial charge in [0.25, 0.3) is 5.91 Å². The lowest BCUT2D eigenvalue weighted by atomic mass is 9.92. The van der Waals surface area contributed by atoms with Crippen LogP contribution >= 0.6 is 0 Å². The van der Waals surface area contributed by atoms with E-state index >= 15 is 0 Å². The van der Waals surface area contributed by atoms with Crippen LogP contribution in [0.4, 0.5) is 13.2 Å². The van der Waals surface area contributed by atoms with Crippen LogP contribution in [0.5, 0.6) is 5.88 Å². The Morgan fingerprint density at radius 3 is 2.47 bits per heavy atom. The number of carbonyl (C=O) groups is 2. The van der Waals surface area contributed by atoms with Gasteiger partial charge >= 0.3 is 12.1 Å². The molecule has 2 rings (SSSR count). The van der Waals surface area contributed by atoms with Gasteiger partial charge in [-0.25, -0.2) is 9.78 Å². The van der Waals surface area contributed by atoms with E-state index in [-0.39, 0.29) is 37.9 Å². The van der Waals surface area contributed by atoms with Crippen molar-refractivity contribution in [2.45, 2.75) is 64.3 Å². The number of amides is 1. The number of rotatable bonds is 9. The molecular formula is C20H27F3N2O5. The van der Waals surface area contributed by atoms with Crippen LogP contribution in [0.15, 0.2) is 12.1 Å². The van der Waals surface area contributed by atoms with Crippen LogP contribution in [0.1, 0.15) is 62.5 Å². The molecule has 30 heavy (non-hydrogen) atoms. The minimum absolute atomic E-state index is 0.0994. The number of carbonyl (C=O) groups excluding carboxylic acids is 2. The number of halogens is 3. The second kappa shape index (κ2) is 10.1. The van der Waals surface area contributed by atoms with Gasteiger partial charge < -0.3 is 19.5 Å². The molecule has 1 N–H and O–H groups in total. The van der Waals surface area contributed by atoms with Gasteiger partial charge in [0.15, 0.2) is 0 Å². The van der Waals surface area contributed by atoms with Crippen LogP contribution in [-0.4, -0.2) is 48.3 Å². The number of ether oxygens (including phenoxy) is 3. The highest BCUT2D eigenvalue weighted by Gasteiger charge is 2.40. The molecule has 1 aliphatic heterocycles. The molecule has 1 fully saturated rings. The van der Waals surface area contributed by atoms with Crippen LogP contribution < -0.4 is 10.1 Å². The maximum absolute atomic E-state index is 13.3. The first-order chi connectivity index (χ1) is 14.2. The molecule has 10 heteroatoms. The molecule has 1 aromatic heterocycles. The molecule has 1 unspecified atom stereocenters. The predicted molar refractivity (Wildman–Crippen MR) is 101 cm³/mol. The maximum Gasteiger partial charge on any atom is 0.421 e. The number of aromatic nitrogens is 1. The molecule has 1 amide bonds. The van der Waals surface area contributed by atoms with Crippen molar-refractivity contribution in [3.63, 3.8) is 0 Å². The summed E-state index contributed by atoms with van der Waals surface area (Å²) in [4.78, 5) is 28.9. The average Bonchev–Trinajstić information content (AvgIpc) is 3.23. The quantitative estimate of drug-likeness (QED) is 0.601. The van der Waals surface area contributed by atoms with Gasteiger partial charge in [-0.05, 0) is 44.7 Å². The first-order valence-corrected chi connectivity index (χ1v) is 9.99. The number of nitrogens with zero attached hydrogens (tertiary/aromatic N) is 1. The summed E-state index contributed by atoms with van der Waals surface area (Å²) in [6, 6.07) is 1.70. The lowest BCUT2D eigenvalue weighted by Crippen LogP contribution is -2.54. The number of alkyl halides is 3. The minimum atomic E-state index is -4.70. The van der Waals surface area contributed by atoms with Crippen LogP contribution in [-0.2, 0) is 20.4 Å². The van der Waals surface area contributed by atoms with Gasteiger partial charge in [0, 0.05) is 6.61 Å². The molecular weight excluding hydrogens is 405 g/mol. The highest BCUT2D eigenvalue weighted by atomic mass is 19.4. The zero-order valence-electron chi connectivity index (χ0n) is 17.3. The number of hydrogen-bond donors (Lipinski definition) is 1. The van der Waals surface area contributed by atoms with Crippen LogP contribution in [0, 0.1) is 0 Å². The summed E-state index contributed by atoms with van der Waals surface area (Å²) in [5.74, 6) is -2.09. The number of pyridine rings is 1. The minimum Gasteiger partial charge on any atom is -0.474 e. The fourth-order valence-electron chi connectivity index (χ4n) is 3.16. The maximum atomic E-state index is 13.3. The van der Waals surface area contributed by atoms with Crippen LogP contribution in [0.2, 0.25) is 0 Å². The SMILES string of the molecule is CCOC(=O)C(CC)(CC)NC(=O)c1ccc(C(F)(F)F)c(OCC2CCCO2)n1. The average molecular weight is 432 g/mol. The molecule has 0 bridgehead atoms. The van der Waals surface area contributed by atoms with Gasteiger partial charge in [0.1, 0.15) is 23.4 Å². The molecule has 0 radical (unpaired) electrons. The van der Waals surface area contributed by atoms with Crippen LogP contribution in [0.3, 0.4) is 0 Å². The summed E-state index contributed by atoms with van der Waals surface area (Å²) in [6.07, 6.45) is -3.04. The van der Waals surface area contributed by atoms with Crippen molar-refractivity contribution in [1.82, 2.24) is 10.3 Å². The van der Waals surface area contributed by atoms with Crippen molar-refractivity contribution in [2.24, 2.45) is 0 Å². The van der Waals surface area contributed by atoms with Gasteiger partial charge in [-0.3, -0.25) is 4.79 Å². The summed E-state index contributed by atoms with van der Waals surface area (Å²) in [7, 11) is 0. The molecule has 2 heterocycles. The smallest absolute Gasteiger partial charge is 0.421 e. The number of esters is 1. The van der Waals surface area contributed by atoms with E-state index in [0.717, 1.165) is 18.6 Å². The summed E-state index contributed by atoms with van der Waals surface area (Å²) in [5, 5.41) is 2.58. The van der Waals surface area contributed by atoms with E-state index in [1.165, 1.54) is 0 Å². The third-order valence-corrected chi connectivity index (χ3v) is 5.05. The third-order valence-electron chi connectivity index (χ3n) is 5.05. The molecule has 0 saturated carbocycles. The molecule has 7 nitrogen and oxygen atoms in total. The summed E-state index contributed by atoms with van der Waals surface area (Å²) in [6.45, 7) is 5.62. The van der Waals surface area contributed by atoms with E-state index in [2.05, 4.69) is 10.3 Å². The third kappa shape index (κ3) is 5.62. The van der Waals surface area contributed by atoms with Crippen molar-refractivity contribution in [2.75, 3.05) is 19.8 Å². The zero-order valence-corrected chi connectivity index (χ0v) is 17.3. The molecule has 1 saturated heterocycles. The van der Waals surface area contributed by atoms with Crippen molar-refractivity contribution < 1.29 is 37.0 Å². The molecule has 1 aromatic rings. The largest absolute Gasteiger partial charge is 0.474 e. The van der Waals surface area contributed by atoms with Crippen molar-refractivity contribution in [3.05, 3.63) is 23.4 Å². The van der Waals surface area contributed by atoms with Gasteiger partial charge in [-0.1, -0.05) is 13.8 Å². The standard InChI is InChI=1S/C20H27F3N2O5/c1-4-19(5-2,18(27)28-6-3)25-16(26)15-10-9-14(20(21,22)23)17(24-15)30-12-13-8-7-11-29-13/h9-10,13H,4-8,11-12H2,1-3H3,(H,25,26). The highest BCUT2D eigenvalue weighted by molar-refractivity contribution is 5.97. The van der Waals surface area contributed by atoms with Crippen molar-refractivity contribution in [3.8, 4) is 5.88 Å². The predicted octanol–water partition coefficient (Wildman–Crippen LogP) is 3.51. The molecule has 0 spiro atoms. The normalized spacial score (nSPS) is 16.9. The Kier molecular flexibility index (Phi) is 8.05. The summed E-state index contributed by atoms with van der Waals surface area (Å²) in [5.41, 5.74) is -2.67. The van der Waals surface area contributed by atoms with Crippen molar-refractivity contribution in [1.29, 1.82) is 0 Å². The number of hydrogen-bond acceptors (Lipinski definition) is 6.